The molecule has 3 nitrogen and oxygen atoms in total. The highest BCUT2D eigenvalue weighted by molar-refractivity contribution is 5.98. The van der Waals surface area contributed by atoms with E-state index in [0.29, 0.717) is 12.8 Å². The van der Waals surface area contributed by atoms with Gasteiger partial charge in [0, 0.05) is 6.42 Å². The fourth-order valence-electron chi connectivity index (χ4n) is 1.73. The lowest BCUT2D eigenvalue weighted by atomic mass is 9.90. The largest absolute Gasteiger partial charge is 0.468 e. The fourth-order valence-corrected chi connectivity index (χ4v) is 1.73. The Morgan fingerprint density at radius 1 is 1.31 bits per heavy atom. The number of hydrogen-bond acceptors (Lipinski definition) is 3. The van der Waals surface area contributed by atoms with Crippen molar-refractivity contribution >= 4 is 11.8 Å². The topological polar surface area (TPSA) is 43.4 Å². The zero-order chi connectivity index (χ0) is 9.68. The minimum absolute atomic E-state index is 0.0616. The van der Waals surface area contributed by atoms with Gasteiger partial charge in [-0.05, 0) is 12.8 Å². The second-order valence-corrected chi connectivity index (χ2v) is 3.49. The van der Waals surface area contributed by atoms with E-state index in [2.05, 4.69) is 4.74 Å². The molecule has 1 aliphatic carbocycles. The van der Waals surface area contributed by atoms with Crippen LogP contribution in [0.5, 0.6) is 0 Å². The summed E-state index contributed by atoms with van der Waals surface area (Å²) < 4.78 is 4.60. The molecule has 1 aliphatic rings. The van der Waals surface area contributed by atoms with Gasteiger partial charge in [0.15, 0.2) is 0 Å². The SMILES string of the molecule is COC(=O)C1CCCCCCC1=O. The zero-order valence-electron chi connectivity index (χ0n) is 8.04. The number of ketones is 1. The third-order valence-electron chi connectivity index (χ3n) is 2.54. The molecule has 0 spiro atoms. The first-order valence-corrected chi connectivity index (χ1v) is 4.86. The molecule has 0 N–H and O–H groups in total. The van der Waals surface area contributed by atoms with Crippen molar-refractivity contribution in [1.82, 2.24) is 0 Å². The fraction of sp³-hybridized carbons (Fsp3) is 0.800. The van der Waals surface area contributed by atoms with Crippen molar-refractivity contribution in [2.75, 3.05) is 7.11 Å². The smallest absolute Gasteiger partial charge is 0.316 e. The molecule has 0 aromatic carbocycles. The van der Waals surface area contributed by atoms with E-state index in [0.717, 1.165) is 25.7 Å². The average Bonchev–Trinajstić information content (AvgIpc) is 2.11. The minimum atomic E-state index is -0.481. The minimum Gasteiger partial charge on any atom is -0.468 e. The maximum absolute atomic E-state index is 11.5. The van der Waals surface area contributed by atoms with Gasteiger partial charge < -0.3 is 4.74 Å². The quantitative estimate of drug-likeness (QED) is 0.460. The first-order valence-electron chi connectivity index (χ1n) is 4.86. The van der Waals surface area contributed by atoms with Crippen LogP contribution in [-0.4, -0.2) is 18.9 Å². The summed E-state index contributed by atoms with van der Waals surface area (Å²) in [6, 6.07) is 0. The van der Waals surface area contributed by atoms with Crippen LogP contribution in [-0.2, 0) is 14.3 Å². The Morgan fingerprint density at radius 3 is 2.69 bits per heavy atom. The van der Waals surface area contributed by atoms with E-state index in [-0.39, 0.29) is 11.8 Å². The molecule has 0 aromatic rings. The molecule has 0 saturated heterocycles. The summed E-state index contributed by atoms with van der Waals surface area (Å²) in [4.78, 5) is 22.7. The lowest BCUT2D eigenvalue weighted by molar-refractivity contribution is -0.150. The second-order valence-electron chi connectivity index (χ2n) is 3.49. The van der Waals surface area contributed by atoms with Gasteiger partial charge in [-0.3, -0.25) is 9.59 Å². The van der Waals surface area contributed by atoms with E-state index in [9.17, 15) is 9.59 Å². The Kier molecular flexibility index (Phi) is 3.93. The Labute approximate surface area is 78.5 Å². The summed E-state index contributed by atoms with van der Waals surface area (Å²) in [5.41, 5.74) is 0. The number of Topliss-reactive ketones (excluding diaryl/α,β-unsaturated/α-hetero) is 1. The summed E-state index contributed by atoms with van der Waals surface area (Å²) >= 11 is 0. The van der Waals surface area contributed by atoms with E-state index in [1.165, 1.54) is 7.11 Å². The van der Waals surface area contributed by atoms with Crippen LogP contribution in [0.15, 0.2) is 0 Å². The predicted molar refractivity (Wildman–Crippen MR) is 48.2 cm³/mol. The van der Waals surface area contributed by atoms with Crippen LogP contribution in [0.1, 0.15) is 38.5 Å². The predicted octanol–water partition coefficient (Wildman–Crippen LogP) is 1.70. The van der Waals surface area contributed by atoms with Crippen LogP contribution in [0, 0.1) is 5.92 Å². The third kappa shape index (κ3) is 2.83. The average molecular weight is 184 g/mol. The zero-order valence-corrected chi connectivity index (χ0v) is 8.04. The molecule has 0 aromatic heterocycles. The van der Waals surface area contributed by atoms with Gasteiger partial charge in [-0.25, -0.2) is 0 Å². The number of ether oxygens (including phenoxy) is 1. The molecule has 1 saturated carbocycles. The standard InChI is InChI=1S/C10H16O3/c1-13-10(12)8-6-4-2-3-5-7-9(8)11/h8H,2-7H2,1H3. The van der Waals surface area contributed by atoms with Crippen molar-refractivity contribution in [3.63, 3.8) is 0 Å². The second kappa shape index (κ2) is 5.00. The Hall–Kier alpha value is -0.860. The number of rotatable bonds is 1. The normalized spacial score (nSPS) is 24.7. The summed E-state index contributed by atoms with van der Waals surface area (Å²) in [7, 11) is 1.34. The van der Waals surface area contributed by atoms with Gasteiger partial charge in [-0.1, -0.05) is 19.3 Å². The van der Waals surface area contributed by atoms with Gasteiger partial charge in [0.1, 0.15) is 11.7 Å². The Morgan fingerprint density at radius 2 is 2.00 bits per heavy atom. The molecule has 1 fully saturated rings. The van der Waals surface area contributed by atoms with E-state index < -0.39 is 5.92 Å². The highest BCUT2D eigenvalue weighted by Gasteiger charge is 2.27. The molecule has 1 atom stereocenters. The van der Waals surface area contributed by atoms with Gasteiger partial charge in [0.25, 0.3) is 0 Å². The molecule has 1 rings (SSSR count). The molecular formula is C10H16O3. The number of hydrogen-bond donors (Lipinski definition) is 0. The molecule has 0 heterocycles. The lowest BCUT2D eigenvalue weighted by Gasteiger charge is -2.15. The van der Waals surface area contributed by atoms with Gasteiger partial charge >= 0.3 is 5.97 Å². The molecule has 1 unspecified atom stereocenters. The Bertz CT molecular complexity index is 198. The summed E-state index contributed by atoms with van der Waals surface area (Å²) in [6.45, 7) is 0. The van der Waals surface area contributed by atoms with Crippen LogP contribution in [0.4, 0.5) is 0 Å². The Balaban J connectivity index is 2.56. The van der Waals surface area contributed by atoms with E-state index in [1.54, 1.807) is 0 Å². The molecule has 0 radical (unpaired) electrons. The van der Waals surface area contributed by atoms with Crippen LogP contribution in [0.3, 0.4) is 0 Å². The molecule has 3 heteroatoms. The van der Waals surface area contributed by atoms with Crippen molar-refractivity contribution < 1.29 is 14.3 Å². The van der Waals surface area contributed by atoms with Crippen molar-refractivity contribution in [3.05, 3.63) is 0 Å². The summed E-state index contributed by atoms with van der Waals surface area (Å²) in [6.07, 6.45) is 5.34. The van der Waals surface area contributed by atoms with Crippen LogP contribution in [0.2, 0.25) is 0 Å². The number of esters is 1. The van der Waals surface area contributed by atoms with Gasteiger partial charge in [-0.2, -0.15) is 0 Å². The van der Waals surface area contributed by atoms with Crippen LogP contribution in [0.25, 0.3) is 0 Å². The van der Waals surface area contributed by atoms with Gasteiger partial charge in [0.05, 0.1) is 7.11 Å². The van der Waals surface area contributed by atoms with E-state index in [4.69, 9.17) is 0 Å². The highest BCUT2D eigenvalue weighted by atomic mass is 16.5. The van der Waals surface area contributed by atoms with E-state index >= 15 is 0 Å². The molecule has 74 valence electrons. The first-order chi connectivity index (χ1) is 6.25. The molecule has 0 aliphatic heterocycles. The first kappa shape index (κ1) is 10.2. The van der Waals surface area contributed by atoms with Crippen molar-refractivity contribution in [1.29, 1.82) is 0 Å². The van der Waals surface area contributed by atoms with Crippen LogP contribution < -0.4 is 0 Å². The maximum Gasteiger partial charge on any atom is 0.316 e. The van der Waals surface area contributed by atoms with Crippen LogP contribution >= 0.6 is 0 Å². The molecule has 0 bridgehead atoms. The van der Waals surface area contributed by atoms with E-state index in [1.807, 2.05) is 0 Å². The monoisotopic (exact) mass is 184 g/mol. The van der Waals surface area contributed by atoms with Gasteiger partial charge in [-0.15, -0.1) is 0 Å². The molecular weight excluding hydrogens is 168 g/mol. The maximum atomic E-state index is 11.5. The van der Waals surface area contributed by atoms with Crippen molar-refractivity contribution in [3.8, 4) is 0 Å². The molecule has 13 heavy (non-hydrogen) atoms. The summed E-state index contributed by atoms with van der Waals surface area (Å²) in [5.74, 6) is -0.774. The highest BCUT2D eigenvalue weighted by Crippen LogP contribution is 2.20. The van der Waals surface area contributed by atoms with Crippen molar-refractivity contribution in [2.45, 2.75) is 38.5 Å². The third-order valence-corrected chi connectivity index (χ3v) is 2.54. The van der Waals surface area contributed by atoms with Gasteiger partial charge in [0.2, 0.25) is 0 Å². The number of carbonyl (C=O) groups is 2. The molecule has 0 amide bonds. The number of methoxy groups -OCH3 is 1. The lowest BCUT2D eigenvalue weighted by Crippen LogP contribution is -2.26. The summed E-state index contributed by atoms with van der Waals surface area (Å²) in [5, 5.41) is 0. The van der Waals surface area contributed by atoms with Crippen molar-refractivity contribution in [2.24, 2.45) is 5.92 Å². The number of carbonyl (C=O) groups excluding carboxylic acids is 2.